The molecule has 0 spiro atoms. The number of hydrogen-bond donors (Lipinski definition) is 1. The quantitative estimate of drug-likeness (QED) is 0.123. The molecule has 3 nitrogen and oxygen atoms in total. The van der Waals surface area contributed by atoms with E-state index in [1.807, 2.05) is 0 Å². The first-order valence-corrected chi connectivity index (χ1v) is 22.1. The van der Waals surface area contributed by atoms with E-state index < -0.39 is 0 Å². The summed E-state index contributed by atoms with van der Waals surface area (Å²) >= 11 is 0. The number of unbranched alkanes of at least 4 members (excludes halogenated alkanes) is 2. The number of fused-ring (bicyclic) bond motifs is 8. The molecule has 0 amide bonds. The molecule has 0 radical (unpaired) electrons. The molecule has 0 saturated carbocycles. The summed E-state index contributed by atoms with van der Waals surface area (Å²) < 4.78 is 9.68. The van der Waals surface area contributed by atoms with Crippen LogP contribution in [0, 0.1) is 0 Å². The zero-order chi connectivity index (χ0) is 40.8. The fourth-order valence-corrected chi connectivity index (χ4v) is 10.3. The molecule has 2 aliphatic rings. The number of hydrogen-bond acceptors (Lipinski definition) is 2. The van der Waals surface area contributed by atoms with E-state index in [0.717, 1.165) is 29.0 Å². The molecule has 0 atom stereocenters. The minimum atomic E-state index is 0.0692. The van der Waals surface area contributed by atoms with Gasteiger partial charge in [-0.15, -0.1) is 0 Å². The highest BCUT2D eigenvalue weighted by molar-refractivity contribution is 6.73. The van der Waals surface area contributed by atoms with Gasteiger partial charge in [0, 0.05) is 33.1 Å². The number of aromatic nitrogens is 1. The summed E-state index contributed by atoms with van der Waals surface area (Å²) in [6.45, 7) is 18.8. The molecule has 1 N–H and O–H groups in total. The van der Waals surface area contributed by atoms with Gasteiger partial charge in [0.15, 0.2) is 0 Å². The van der Waals surface area contributed by atoms with E-state index in [0.29, 0.717) is 7.28 Å². The van der Waals surface area contributed by atoms with E-state index in [2.05, 4.69) is 181 Å². The maximum absolute atomic E-state index is 7.11. The van der Waals surface area contributed by atoms with Crippen LogP contribution in [0.5, 0.6) is 0 Å². The van der Waals surface area contributed by atoms with Gasteiger partial charge in [-0.2, -0.15) is 0 Å². The molecule has 8 aromatic rings. The second-order valence-electron chi connectivity index (χ2n) is 19.9. The summed E-state index contributed by atoms with van der Waals surface area (Å²) in [6.07, 6.45) is 7.23. The lowest BCUT2D eigenvalue weighted by Crippen LogP contribution is -2.36. The molecule has 3 heterocycles. The van der Waals surface area contributed by atoms with Gasteiger partial charge in [0.1, 0.15) is 5.58 Å². The van der Waals surface area contributed by atoms with Gasteiger partial charge in [-0.3, -0.25) is 0 Å². The van der Waals surface area contributed by atoms with E-state index >= 15 is 0 Å². The van der Waals surface area contributed by atoms with Gasteiger partial charge >= 0.3 is 0 Å². The highest BCUT2D eigenvalue weighted by atomic mass is 16.3. The van der Waals surface area contributed by atoms with Gasteiger partial charge in [0.2, 0.25) is 7.28 Å². The van der Waals surface area contributed by atoms with E-state index in [-0.39, 0.29) is 16.2 Å². The van der Waals surface area contributed by atoms with Crippen molar-refractivity contribution in [3.8, 4) is 27.9 Å². The fourth-order valence-electron chi connectivity index (χ4n) is 10.3. The van der Waals surface area contributed by atoms with Gasteiger partial charge in [0.05, 0.1) is 22.4 Å². The zero-order valence-electron chi connectivity index (χ0n) is 36.3. The highest BCUT2D eigenvalue weighted by Gasteiger charge is 2.39. The molecule has 1 aliphatic carbocycles. The van der Waals surface area contributed by atoms with Gasteiger partial charge in [-0.1, -0.05) is 141 Å². The Kier molecular flexibility index (Phi) is 8.83. The minimum Gasteiger partial charge on any atom is -0.469 e. The number of nitrogens with one attached hydrogen (secondary N) is 1. The molecule has 10 rings (SSSR count). The summed E-state index contributed by atoms with van der Waals surface area (Å²) in [4.78, 5) is 0. The maximum Gasteiger partial charge on any atom is 0.244 e. The Hall–Kier alpha value is -5.48. The lowest BCUT2D eigenvalue weighted by molar-refractivity contribution is 0.332. The summed E-state index contributed by atoms with van der Waals surface area (Å²) in [5.41, 5.74) is 20.1. The van der Waals surface area contributed by atoms with Crippen molar-refractivity contribution in [1.82, 2.24) is 4.57 Å². The smallest absolute Gasteiger partial charge is 0.244 e. The van der Waals surface area contributed by atoms with Crippen molar-refractivity contribution in [2.45, 2.75) is 110 Å². The molecule has 4 heteroatoms. The molecule has 296 valence electrons. The van der Waals surface area contributed by atoms with Gasteiger partial charge < -0.3 is 14.3 Å². The Bertz CT molecular complexity index is 2910. The van der Waals surface area contributed by atoms with Crippen LogP contribution in [-0.4, -0.2) is 11.8 Å². The standard InChI is InChI=1S/C55H57BN2O/c1-9-10-11-16-34-21-27-37(28-22-34)57-45-19-14-12-17-38(45)41-31-40(35-23-25-36(26-24-35)53(2,3)4)48-39-18-13-15-20-46(39)58-50-42-32-43-44(55(7,8)30-29-54(43,5)6)33-47(42)59-52(50)56-49(41)51(48)58/h12-15,17-28,31-33,56-57H,9-11,16,29-30H2,1-8H3. The van der Waals surface area contributed by atoms with E-state index in [9.17, 15) is 0 Å². The van der Waals surface area contributed by atoms with Gasteiger partial charge in [-0.05, 0) is 129 Å². The van der Waals surface area contributed by atoms with E-state index in [1.54, 1.807) is 0 Å². The number of nitrogens with zero attached hydrogens (tertiary/aromatic N) is 1. The number of rotatable bonds is 8. The number of benzene rings is 6. The lowest BCUT2D eigenvalue weighted by Gasteiger charge is -2.41. The van der Waals surface area contributed by atoms with Crippen LogP contribution in [0.2, 0.25) is 0 Å². The zero-order valence-corrected chi connectivity index (χ0v) is 36.3. The summed E-state index contributed by atoms with van der Waals surface area (Å²) in [5, 5.41) is 7.67. The molecule has 0 bridgehead atoms. The van der Waals surface area contributed by atoms with Crippen LogP contribution in [-0.2, 0) is 22.7 Å². The predicted octanol–water partition coefficient (Wildman–Crippen LogP) is 13.7. The second-order valence-corrected chi connectivity index (χ2v) is 19.9. The van der Waals surface area contributed by atoms with Crippen molar-refractivity contribution >= 4 is 62.6 Å². The van der Waals surface area contributed by atoms with Crippen LogP contribution in [0.1, 0.15) is 110 Å². The maximum atomic E-state index is 7.11. The van der Waals surface area contributed by atoms with Crippen LogP contribution in [0.15, 0.2) is 120 Å². The normalized spacial score (nSPS) is 15.3. The molecular weight excluding hydrogens is 715 g/mol. The van der Waals surface area contributed by atoms with E-state index in [4.69, 9.17) is 4.42 Å². The second kappa shape index (κ2) is 13.8. The van der Waals surface area contributed by atoms with Crippen LogP contribution in [0.25, 0.3) is 60.7 Å². The molecule has 1 aliphatic heterocycles. The monoisotopic (exact) mass is 772 g/mol. The molecule has 0 saturated heterocycles. The third-order valence-corrected chi connectivity index (χ3v) is 13.9. The summed E-state index contributed by atoms with van der Waals surface area (Å²) in [6, 6.07) is 43.7. The summed E-state index contributed by atoms with van der Waals surface area (Å²) in [7, 11) is 0.716. The Balaban J connectivity index is 1.23. The van der Waals surface area contributed by atoms with Crippen molar-refractivity contribution in [3.63, 3.8) is 0 Å². The van der Waals surface area contributed by atoms with Gasteiger partial charge in [-0.25, -0.2) is 0 Å². The van der Waals surface area contributed by atoms with Crippen LogP contribution in [0.4, 0.5) is 11.4 Å². The third-order valence-electron chi connectivity index (χ3n) is 13.9. The third kappa shape index (κ3) is 6.25. The number of para-hydroxylation sites is 2. The minimum absolute atomic E-state index is 0.0692. The highest BCUT2D eigenvalue weighted by Crippen LogP contribution is 2.49. The SMILES string of the molecule is CCCCCc1ccc(Nc2ccccc2-c2cc(-c3ccc(C(C)(C)C)cc3)c3c4ccccc4n4c3c2Bc2oc3cc5c(cc3c2-4)C(C)(C)CCC5(C)C)cc1. The number of anilines is 2. The molecule has 59 heavy (non-hydrogen) atoms. The molecule has 0 unspecified atom stereocenters. The first kappa shape index (κ1) is 37.8. The van der Waals surface area contributed by atoms with Gasteiger partial charge in [0.25, 0.3) is 0 Å². The average molecular weight is 773 g/mol. The average Bonchev–Trinajstić information content (AvgIpc) is 3.76. The first-order chi connectivity index (χ1) is 28.3. The fraction of sp³-hybridized carbons (Fsp3) is 0.309. The Morgan fingerprint density at radius 2 is 1.41 bits per heavy atom. The van der Waals surface area contributed by atoms with Crippen LogP contribution >= 0.6 is 0 Å². The van der Waals surface area contributed by atoms with Crippen molar-refractivity contribution in [2.24, 2.45) is 0 Å². The van der Waals surface area contributed by atoms with Crippen LogP contribution < -0.4 is 16.4 Å². The predicted molar refractivity (Wildman–Crippen MR) is 255 cm³/mol. The Morgan fingerprint density at radius 1 is 0.712 bits per heavy atom. The molecular formula is C55H57BN2O. The first-order valence-electron chi connectivity index (χ1n) is 22.1. The lowest BCUT2D eigenvalue weighted by atomic mass is 9.61. The molecule has 6 aromatic carbocycles. The van der Waals surface area contributed by atoms with Crippen molar-refractivity contribution in [3.05, 3.63) is 138 Å². The number of furan rings is 1. The largest absolute Gasteiger partial charge is 0.469 e. The summed E-state index contributed by atoms with van der Waals surface area (Å²) in [5.74, 6) is 0. The molecule has 0 fully saturated rings. The molecule has 2 aromatic heterocycles. The van der Waals surface area contributed by atoms with Crippen molar-refractivity contribution < 1.29 is 4.42 Å². The van der Waals surface area contributed by atoms with Crippen molar-refractivity contribution in [1.29, 1.82) is 0 Å². The Labute approximate surface area is 351 Å². The number of aryl methyl sites for hydroxylation is 1. The Morgan fingerprint density at radius 3 is 2.14 bits per heavy atom. The topological polar surface area (TPSA) is 30.1 Å². The van der Waals surface area contributed by atoms with Crippen molar-refractivity contribution in [2.75, 3.05) is 5.32 Å². The van der Waals surface area contributed by atoms with E-state index in [1.165, 1.54) is 115 Å². The van der Waals surface area contributed by atoms with Crippen LogP contribution in [0.3, 0.4) is 0 Å².